The van der Waals surface area contributed by atoms with E-state index in [9.17, 15) is 22.8 Å². The summed E-state index contributed by atoms with van der Waals surface area (Å²) in [4.78, 5) is 28.5. The molecule has 5 nitrogen and oxygen atoms in total. The minimum Gasteiger partial charge on any atom is -0.484 e. The molecule has 1 heterocycles. The van der Waals surface area contributed by atoms with Gasteiger partial charge in [0, 0.05) is 36.3 Å². The Morgan fingerprint density at radius 2 is 1.97 bits per heavy atom. The van der Waals surface area contributed by atoms with Crippen LogP contribution in [0.5, 0.6) is 5.75 Å². The van der Waals surface area contributed by atoms with Crippen LogP contribution < -0.4 is 10.1 Å². The fourth-order valence-electron chi connectivity index (χ4n) is 2.87. The Labute approximate surface area is 166 Å². The first-order chi connectivity index (χ1) is 13.7. The number of alkyl halides is 3. The number of nitrogens with one attached hydrogen (secondary N) is 1. The van der Waals surface area contributed by atoms with Crippen molar-refractivity contribution >= 4 is 11.7 Å². The van der Waals surface area contributed by atoms with Gasteiger partial charge in [0.1, 0.15) is 11.5 Å². The van der Waals surface area contributed by atoms with E-state index in [0.717, 1.165) is 18.4 Å². The number of pyridine rings is 1. The first-order valence-corrected chi connectivity index (χ1v) is 9.26. The van der Waals surface area contributed by atoms with Gasteiger partial charge in [0.25, 0.3) is 5.91 Å². The number of rotatable bonds is 8. The Kier molecular flexibility index (Phi) is 6.20. The van der Waals surface area contributed by atoms with E-state index in [4.69, 9.17) is 4.74 Å². The topological polar surface area (TPSA) is 68.3 Å². The zero-order valence-electron chi connectivity index (χ0n) is 15.9. The molecule has 29 heavy (non-hydrogen) atoms. The minimum absolute atomic E-state index is 0.139. The van der Waals surface area contributed by atoms with Crippen molar-refractivity contribution in [3.8, 4) is 5.75 Å². The summed E-state index contributed by atoms with van der Waals surface area (Å²) in [6.45, 7) is 0.498. The Morgan fingerprint density at radius 1 is 1.21 bits per heavy atom. The summed E-state index contributed by atoms with van der Waals surface area (Å²) < 4.78 is 41.6. The number of carbonyl (C=O) groups is 2. The van der Waals surface area contributed by atoms with Crippen LogP contribution in [0.1, 0.15) is 40.0 Å². The average Bonchev–Trinajstić information content (AvgIpc) is 3.50. The van der Waals surface area contributed by atoms with Crippen LogP contribution in [0, 0.1) is 12.8 Å². The van der Waals surface area contributed by atoms with Gasteiger partial charge in [0.05, 0.1) is 0 Å². The van der Waals surface area contributed by atoms with Gasteiger partial charge in [-0.25, -0.2) is 0 Å². The van der Waals surface area contributed by atoms with Gasteiger partial charge in [-0.05, 0) is 49.1 Å². The van der Waals surface area contributed by atoms with Crippen molar-refractivity contribution in [2.75, 3.05) is 6.61 Å². The predicted octanol–water partition coefficient (Wildman–Crippen LogP) is 3.78. The van der Waals surface area contributed by atoms with E-state index < -0.39 is 12.8 Å². The van der Waals surface area contributed by atoms with Gasteiger partial charge in [-0.15, -0.1) is 0 Å². The van der Waals surface area contributed by atoms with Gasteiger partial charge in [-0.1, -0.05) is 12.1 Å². The first-order valence-electron chi connectivity index (χ1n) is 9.26. The van der Waals surface area contributed by atoms with Crippen LogP contribution in [0.2, 0.25) is 0 Å². The number of carbonyl (C=O) groups excluding carboxylic acids is 2. The number of ether oxygens (including phenoxy) is 1. The smallest absolute Gasteiger partial charge is 0.422 e. The Hall–Kier alpha value is -2.90. The fraction of sp³-hybridized carbons (Fsp3) is 0.381. The van der Waals surface area contributed by atoms with Crippen molar-refractivity contribution in [2.24, 2.45) is 5.92 Å². The Morgan fingerprint density at radius 3 is 2.62 bits per heavy atom. The second-order valence-electron chi connectivity index (χ2n) is 7.14. The second-order valence-corrected chi connectivity index (χ2v) is 7.14. The molecule has 1 aromatic carbocycles. The van der Waals surface area contributed by atoms with Gasteiger partial charge in [0.15, 0.2) is 6.61 Å². The van der Waals surface area contributed by atoms with Gasteiger partial charge in [-0.3, -0.25) is 14.6 Å². The Balaban J connectivity index is 1.56. The SMILES string of the molecule is Cc1cc(CNC(=O)c2ccnc(CC(=O)C3CC3)c2)ccc1OCC(F)(F)F. The summed E-state index contributed by atoms with van der Waals surface area (Å²) in [6.07, 6.45) is -0.811. The summed E-state index contributed by atoms with van der Waals surface area (Å²) in [5.74, 6) is 0.123. The average molecular weight is 406 g/mol. The van der Waals surface area contributed by atoms with Gasteiger partial charge >= 0.3 is 6.18 Å². The zero-order chi connectivity index (χ0) is 21.0. The first kappa shape index (κ1) is 20.8. The number of nitrogens with zero attached hydrogens (tertiary/aromatic N) is 1. The largest absolute Gasteiger partial charge is 0.484 e. The van der Waals surface area contributed by atoms with Crippen LogP contribution in [0.15, 0.2) is 36.5 Å². The highest BCUT2D eigenvalue weighted by atomic mass is 19.4. The van der Waals surface area contributed by atoms with Crippen molar-refractivity contribution in [1.82, 2.24) is 10.3 Å². The van der Waals surface area contributed by atoms with E-state index in [1.54, 1.807) is 31.2 Å². The number of benzene rings is 1. The maximum absolute atomic E-state index is 12.4. The van der Waals surface area contributed by atoms with Crippen LogP contribution in [-0.2, 0) is 17.8 Å². The molecule has 1 aliphatic carbocycles. The lowest BCUT2D eigenvalue weighted by atomic mass is 10.1. The van der Waals surface area contributed by atoms with Crippen LogP contribution in [0.4, 0.5) is 13.2 Å². The monoisotopic (exact) mass is 406 g/mol. The van der Waals surface area contributed by atoms with Crippen molar-refractivity contribution in [3.63, 3.8) is 0 Å². The van der Waals surface area contributed by atoms with Gasteiger partial charge in [-0.2, -0.15) is 13.2 Å². The van der Waals surface area contributed by atoms with E-state index in [1.165, 1.54) is 12.3 Å². The fourth-order valence-corrected chi connectivity index (χ4v) is 2.87. The standard InChI is InChI=1S/C21H21F3N2O3/c1-13-8-14(2-5-19(13)29-12-21(22,23)24)11-26-20(28)16-6-7-25-17(9-16)10-18(27)15-3-4-15/h2,5-9,15H,3-4,10-12H2,1H3,(H,26,28). The lowest BCUT2D eigenvalue weighted by molar-refractivity contribution is -0.153. The van der Waals surface area contributed by atoms with Gasteiger partial charge in [0.2, 0.25) is 0 Å². The molecule has 1 aromatic heterocycles. The molecule has 1 saturated carbocycles. The molecule has 0 atom stereocenters. The van der Waals surface area contributed by atoms with Crippen molar-refractivity contribution < 1.29 is 27.5 Å². The summed E-state index contributed by atoms with van der Waals surface area (Å²) >= 11 is 0. The molecule has 1 amide bonds. The summed E-state index contributed by atoms with van der Waals surface area (Å²) in [5.41, 5.74) is 2.25. The number of ketones is 1. The number of aryl methyl sites for hydroxylation is 1. The molecule has 3 rings (SSSR count). The molecule has 8 heteroatoms. The van der Waals surface area contributed by atoms with E-state index in [1.807, 2.05) is 0 Å². The van der Waals surface area contributed by atoms with Crippen molar-refractivity contribution in [2.45, 2.75) is 38.9 Å². The molecule has 0 aliphatic heterocycles. The van der Waals surface area contributed by atoms with E-state index >= 15 is 0 Å². The lowest BCUT2D eigenvalue weighted by Gasteiger charge is -2.13. The summed E-state index contributed by atoms with van der Waals surface area (Å²) in [6, 6.07) is 7.90. The molecular formula is C21H21F3N2O3. The number of aromatic nitrogens is 1. The molecule has 0 spiro atoms. The molecule has 0 bridgehead atoms. The molecule has 154 valence electrons. The zero-order valence-corrected chi connectivity index (χ0v) is 15.9. The van der Waals surface area contributed by atoms with Crippen LogP contribution in [0.25, 0.3) is 0 Å². The molecular weight excluding hydrogens is 385 g/mol. The summed E-state index contributed by atoms with van der Waals surface area (Å²) in [7, 11) is 0. The van der Waals surface area contributed by atoms with Crippen LogP contribution in [0.3, 0.4) is 0 Å². The van der Waals surface area contributed by atoms with Crippen molar-refractivity contribution in [1.29, 1.82) is 0 Å². The highest BCUT2D eigenvalue weighted by molar-refractivity contribution is 5.94. The minimum atomic E-state index is -4.40. The maximum Gasteiger partial charge on any atom is 0.422 e. The van der Waals surface area contributed by atoms with E-state index in [0.29, 0.717) is 16.8 Å². The molecule has 1 N–H and O–H groups in total. The number of amides is 1. The maximum atomic E-state index is 12.4. The second kappa shape index (κ2) is 8.63. The highest BCUT2D eigenvalue weighted by Gasteiger charge is 2.30. The normalized spacial score (nSPS) is 13.8. The predicted molar refractivity (Wildman–Crippen MR) is 99.6 cm³/mol. The third-order valence-corrected chi connectivity index (χ3v) is 4.55. The molecule has 1 aliphatic rings. The molecule has 0 saturated heterocycles. The molecule has 0 radical (unpaired) electrons. The summed E-state index contributed by atoms with van der Waals surface area (Å²) in [5, 5.41) is 2.76. The third kappa shape index (κ3) is 6.30. The quantitative estimate of drug-likeness (QED) is 0.725. The van der Waals surface area contributed by atoms with Crippen LogP contribution >= 0.6 is 0 Å². The van der Waals surface area contributed by atoms with Crippen LogP contribution in [-0.4, -0.2) is 29.5 Å². The molecule has 0 unspecified atom stereocenters. The molecule has 2 aromatic rings. The van der Waals surface area contributed by atoms with E-state index in [2.05, 4.69) is 10.3 Å². The Bertz CT molecular complexity index is 908. The number of hydrogen-bond acceptors (Lipinski definition) is 4. The lowest BCUT2D eigenvalue weighted by Crippen LogP contribution is -2.23. The number of halogens is 3. The third-order valence-electron chi connectivity index (χ3n) is 4.55. The number of Topliss-reactive ketones (excluding diaryl/α,β-unsaturated/α-hetero) is 1. The van der Waals surface area contributed by atoms with Crippen molar-refractivity contribution in [3.05, 3.63) is 58.9 Å². The van der Waals surface area contributed by atoms with Gasteiger partial charge < -0.3 is 10.1 Å². The highest BCUT2D eigenvalue weighted by Crippen LogP contribution is 2.30. The van der Waals surface area contributed by atoms with E-state index in [-0.39, 0.29) is 36.3 Å². The number of hydrogen-bond donors (Lipinski definition) is 1. The molecule has 1 fully saturated rings.